The molecule has 2 heterocycles. The third-order valence-electron chi connectivity index (χ3n) is 3.27. The van der Waals surface area contributed by atoms with Crippen molar-refractivity contribution in [3.05, 3.63) is 65.3 Å². The predicted octanol–water partition coefficient (Wildman–Crippen LogP) is 4.80. The summed E-state index contributed by atoms with van der Waals surface area (Å²) >= 11 is 7.63. The van der Waals surface area contributed by atoms with Gasteiger partial charge in [-0.1, -0.05) is 35.9 Å². The van der Waals surface area contributed by atoms with Gasteiger partial charge in [-0.2, -0.15) is 0 Å². The normalized spacial score (nSPS) is 11.1. The molecule has 0 unspecified atom stereocenters. The van der Waals surface area contributed by atoms with Crippen LogP contribution in [0.2, 0.25) is 5.02 Å². The van der Waals surface area contributed by atoms with Crippen LogP contribution in [-0.2, 0) is 0 Å². The van der Waals surface area contributed by atoms with Gasteiger partial charge in [-0.05, 0) is 24.3 Å². The topological polar surface area (TPSA) is 30.7 Å². The molecule has 0 aliphatic rings. The Hall–Kier alpha value is -2.17. The van der Waals surface area contributed by atoms with E-state index in [2.05, 4.69) is 4.98 Å². The summed E-state index contributed by atoms with van der Waals surface area (Å²) in [5.41, 5.74) is 3.98. The summed E-state index contributed by atoms with van der Waals surface area (Å²) in [6.45, 7) is 0. The molecule has 0 fully saturated rings. The fourth-order valence-electron chi connectivity index (χ4n) is 2.27. The highest BCUT2D eigenvalue weighted by Crippen LogP contribution is 2.27. The second kappa shape index (κ2) is 4.98. The second-order valence-electron chi connectivity index (χ2n) is 4.63. The van der Waals surface area contributed by atoms with E-state index in [9.17, 15) is 0 Å². The molecule has 0 saturated heterocycles. The van der Waals surface area contributed by atoms with Crippen molar-refractivity contribution in [3.8, 4) is 16.4 Å². The molecule has 0 aliphatic heterocycles. The van der Waals surface area contributed by atoms with Gasteiger partial charge in [-0.25, -0.2) is 9.97 Å². The van der Waals surface area contributed by atoms with Gasteiger partial charge >= 0.3 is 0 Å². The van der Waals surface area contributed by atoms with E-state index in [4.69, 9.17) is 16.6 Å². The summed E-state index contributed by atoms with van der Waals surface area (Å²) in [7, 11) is 0. The summed E-state index contributed by atoms with van der Waals surface area (Å²) in [6.07, 6.45) is 1.81. The number of para-hydroxylation sites is 2. The highest BCUT2D eigenvalue weighted by molar-refractivity contribution is 7.12. The van der Waals surface area contributed by atoms with Crippen molar-refractivity contribution in [2.24, 2.45) is 0 Å². The molecule has 21 heavy (non-hydrogen) atoms. The lowest BCUT2D eigenvalue weighted by atomic mass is 10.2. The lowest BCUT2D eigenvalue weighted by Crippen LogP contribution is -1.90. The van der Waals surface area contributed by atoms with Gasteiger partial charge in [0.2, 0.25) is 0 Å². The van der Waals surface area contributed by atoms with Crippen molar-refractivity contribution >= 4 is 34.0 Å². The van der Waals surface area contributed by atoms with Crippen molar-refractivity contribution in [3.63, 3.8) is 0 Å². The predicted molar refractivity (Wildman–Crippen MR) is 87.2 cm³/mol. The molecule has 0 amide bonds. The van der Waals surface area contributed by atoms with E-state index in [1.807, 2.05) is 64.8 Å². The van der Waals surface area contributed by atoms with Crippen LogP contribution in [0, 0.1) is 0 Å². The van der Waals surface area contributed by atoms with E-state index in [-0.39, 0.29) is 0 Å². The first kappa shape index (κ1) is 12.6. The Morgan fingerprint density at radius 1 is 1.05 bits per heavy atom. The van der Waals surface area contributed by atoms with Crippen LogP contribution in [0.4, 0.5) is 0 Å². The number of hydrogen-bond donors (Lipinski definition) is 0. The standard InChI is InChI=1S/C16H10ClN3S/c17-12-5-3-4-11(8-12)14-9-21-16(19-14)20-10-18-13-6-1-2-7-15(13)20/h1-10H. The van der Waals surface area contributed by atoms with E-state index in [1.165, 1.54) is 0 Å². The Labute approximate surface area is 130 Å². The monoisotopic (exact) mass is 311 g/mol. The van der Waals surface area contributed by atoms with Crippen LogP contribution in [0.1, 0.15) is 0 Å². The molecule has 0 radical (unpaired) electrons. The maximum atomic E-state index is 6.04. The largest absolute Gasteiger partial charge is 0.274 e. The number of nitrogens with zero attached hydrogens (tertiary/aromatic N) is 3. The van der Waals surface area contributed by atoms with E-state index < -0.39 is 0 Å². The minimum absolute atomic E-state index is 0.718. The van der Waals surface area contributed by atoms with Gasteiger partial charge in [-0.15, -0.1) is 11.3 Å². The van der Waals surface area contributed by atoms with Crippen molar-refractivity contribution in [1.29, 1.82) is 0 Å². The Morgan fingerprint density at radius 2 is 1.95 bits per heavy atom. The lowest BCUT2D eigenvalue weighted by molar-refractivity contribution is 1.07. The first-order valence-corrected chi connectivity index (χ1v) is 7.71. The van der Waals surface area contributed by atoms with Gasteiger partial charge in [0.25, 0.3) is 0 Å². The maximum absolute atomic E-state index is 6.04. The van der Waals surface area contributed by atoms with Gasteiger partial charge in [0, 0.05) is 16.0 Å². The summed E-state index contributed by atoms with van der Waals surface area (Å²) in [4.78, 5) is 9.10. The summed E-state index contributed by atoms with van der Waals surface area (Å²) in [6, 6.07) is 15.8. The quantitative estimate of drug-likeness (QED) is 0.532. The number of rotatable bonds is 2. The number of fused-ring (bicyclic) bond motifs is 1. The van der Waals surface area contributed by atoms with Gasteiger partial charge in [0.1, 0.15) is 6.33 Å². The summed E-state index contributed by atoms with van der Waals surface area (Å²) in [5.74, 6) is 0. The Bertz CT molecular complexity index is 926. The molecule has 0 bridgehead atoms. The average molecular weight is 312 g/mol. The molecular formula is C16H10ClN3S. The minimum atomic E-state index is 0.718. The number of imidazole rings is 1. The molecule has 3 nitrogen and oxygen atoms in total. The van der Waals surface area contributed by atoms with Crippen molar-refractivity contribution in [2.45, 2.75) is 0 Å². The molecule has 0 spiro atoms. The van der Waals surface area contributed by atoms with Crippen LogP contribution in [0.25, 0.3) is 27.4 Å². The molecular weight excluding hydrogens is 302 g/mol. The minimum Gasteiger partial charge on any atom is -0.274 e. The van der Waals surface area contributed by atoms with Crippen molar-refractivity contribution in [1.82, 2.24) is 14.5 Å². The summed E-state index contributed by atoms with van der Waals surface area (Å²) in [5, 5.41) is 3.66. The Balaban J connectivity index is 1.81. The van der Waals surface area contributed by atoms with Gasteiger partial charge in [-0.3, -0.25) is 4.57 Å². The Kier molecular flexibility index (Phi) is 2.98. The van der Waals surface area contributed by atoms with E-state index in [0.717, 1.165) is 32.4 Å². The van der Waals surface area contributed by atoms with Gasteiger partial charge < -0.3 is 0 Å². The zero-order chi connectivity index (χ0) is 14.2. The molecule has 4 rings (SSSR count). The van der Waals surface area contributed by atoms with Crippen LogP contribution in [0.15, 0.2) is 60.2 Å². The van der Waals surface area contributed by atoms with Crippen LogP contribution in [-0.4, -0.2) is 14.5 Å². The molecule has 0 saturated carbocycles. The molecule has 2 aromatic carbocycles. The second-order valence-corrected chi connectivity index (χ2v) is 5.90. The zero-order valence-corrected chi connectivity index (χ0v) is 12.5. The average Bonchev–Trinajstić information content (AvgIpc) is 3.14. The first-order chi connectivity index (χ1) is 10.3. The lowest BCUT2D eigenvalue weighted by Gasteiger charge is -1.99. The zero-order valence-electron chi connectivity index (χ0n) is 10.9. The van der Waals surface area contributed by atoms with E-state index in [1.54, 1.807) is 11.3 Å². The maximum Gasteiger partial charge on any atom is 0.195 e. The number of benzene rings is 2. The van der Waals surface area contributed by atoms with Crippen LogP contribution in [0.5, 0.6) is 0 Å². The summed E-state index contributed by atoms with van der Waals surface area (Å²) < 4.78 is 2.01. The van der Waals surface area contributed by atoms with Crippen molar-refractivity contribution < 1.29 is 0 Å². The van der Waals surface area contributed by atoms with Crippen LogP contribution >= 0.6 is 22.9 Å². The number of halogens is 1. The fraction of sp³-hybridized carbons (Fsp3) is 0. The smallest absolute Gasteiger partial charge is 0.195 e. The third-order valence-corrected chi connectivity index (χ3v) is 4.35. The van der Waals surface area contributed by atoms with E-state index >= 15 is 0 Å². The molecule has 0 N–H and O–H groups in total. The van der Waals surface area contributed by atoms with Crippen LogP contribution in [0.3, 0.4) is 0 Å². The molecule has 102 valence electrons. The molecule has 2 aromatic heterocycles. The third kappa shape index (κ3) is 2.22. The number of aromatic nitrogens is 3. The first-order valence-electron chi connectivity index (χ1n) is 6.45. The van der Waals surface area contributed by atoms with Crippen LogP contribution < -0.4 is 0 Å². The highest BCUT2D eigenvalue weighted by Gasteiger charge is 2.09. The molecule has 4 aromatic rings. The van der Waals surface area contributed by atoms with Crippen molar-refractivity contribution in [2.75, 3.05) is 0 Å². The molecule has 5 heteroatoms. The fourth-order valence-corrected chi connectivity index (χ4v) is 3.27. The van der Waals surface area contributed by atoms with Gasteiger partial charge in [0.15, 0.2) is 5.13 Å². The Morgan fingerprint density at radius 3 is 2.86 bits per heavy atom. The molecule has 0 atom stereocenters. The van der Waals surface area contributed by atoms with E-state index in [0.29, 0.717) is 0 Å². The number of hydrogen-bond acceptors (Lipinski definition) is 3. The SMILES string of the molecule is Clc1cccc(-c2csc(-n3cnc4ccccc43)n2)c1. The molecule has 0 aliphatic carbocycles. The number of thiazole rings is 1. The highest BCUT2D eigenvalue weighted by atomic mass is 35.5. The van der Waals surface area contributed by atoms with Gasteiger partial charge in [0.05, 0.1) is 16.7 Å².